The van der Waals surface area contributed by atoms with E-state index < -0.39 is 0 Å². The lowest BCUT2D eigenvalue weighted by molar-refractivity contribution is -0.189. The van der Waals surface area contributed by atoms with E-state index in [0.717, 1.165) is 42.4 Å². The molecule has 0 spiro atoms. The van der Waals surface area contributed by atoms with Crippen molar-refractivity contribution in [2.75, 3.05) is 0 Å². The number of rotatable bonds is 7. The van der Waals surface area contributed by atoms with Crippen molar-refractivity contribution in [2.24, 2.45) is 45.8 Å². The Bertz CT molecular complexity index is 540. The molecule has 0 radical (unpaired) electrons. The normalized spacial score (nSPS) is 46.2. The van der Waals surface area contributed by atoms with Gasteiger partial charge in [0.05, 0.1) is 6.10 Å². The van der Waals surface area contributed by atoms with Crippen LogP contribution in [0.15, 0.2) is 0 Å². The highest BCUT2D eigenvalue weighted by atomic mass is 16.3. The molecule has 0 aromatic carbocycles. The molecule has 3 saturated carbocycles. The highest BCUT2D eigenvalue weighted by Crippen LogP contribution is 2.70. The Morgan fingerprint density at radius 3 is 2.28 bits per heavy atom. The molecule has 8 atom stereocenters. The van der Waals surface area contributed by atoms with Crippen molar-refractivity contribution in [3.05, 3.63) is 0 Å². The minimum atomic E-state index is -0.0317. The maximum absolute atomic E-state index is 10.3. The summed E-state index contributed by atoms with van der Waals surface area (Å²) in [4.78, 5) is 0. The van der Waals surface area contributed by atoms with Gasteiger partial charge in [-0.25, -0.2) is 0 Å². The van der Waals surface area contributed by atoms with Crippen LogP contribution in [-0.2, 0) is 0 Å². The van der Waals surface area contributed by atoms with E-state index in [9.17, 15) is 5.11 Å². The Balaban J connectivity index is 1.74. The first kappa shape index (κ1) is 23.6. The van der Waals surface area contributed by atoms with Crippen LogP contribution in [0.3, 0.4) is 0 Å². The molecule has 0 saturated heterocycles. The maximum Gasteiger partial charge on any atom is 0.0543 e. The van der Waals surface area contributed by atoms with Gasteiger partial charge in [-0.1, -0.05) is 74.1 Å². The quantitative estimate of drug-likeness (QED) is 0.453. The molecular weight excluding hydrogens is 352 g/mol. The van der Waals surface area contributed by atoms with Gasteiger partial charge in [-0.15, -0.1) is 0 Å². The van der Waals surface area contributed by atoms with E-state index in [4.69, 9.17) is 0 Å². The average Bonchev–Trinajstić information content (AvgIpc) is 2.63. The fraction of sp³-hybridized carbons (Fsp3) is 1.00. The van der Waals surface area contributed by atoms with Crippen molar-refractivity contribution >= 4 is 0 Å². The second kappa shape index (κ2) is 8.84. The minimum Gasteiger partial charge on any atom is -0.393 e. The summed E-state index contributed by atoms with van der Waals surface area (Å²) in [6, 6.07) is 0. The standard InChI is InChI=1S/C28H52O/c1-8-24-25-13-12-22-18-23(29)14-15-27(22,6)28(25,7)17-16-26(24,5)19-21(4)11-9-10-20(2)3/h20-25,29H,8-19H2,1-7H3/t21?,22?,23?,24?,25?,26?,27-,28+/m1/s1. The van der Waals surface area contributed by atoms with Crippen LogP contribution in [0.25, 0.3) is 0 Å². The SMILES string of the molecule is CCC1C2CCC3CC(O)CC[C@@]3(C)[C@@]2(C)CCC1(C)CC(C)CCCC(C)C. The topological polar surface area (TPSA) is 20.2 Å². The zero-order chi connectivity index (χ0) is 21.4. The molecule has 0 aliphatic heterocycles. The summed E-state index contributed by atoms with van der Waals surface area (Å²) in [6.07, 6.45) is 16.0. The van der Waals surface area contributed by atoms with Crippen LogP contribution in [0, 0.1) is 45.8 Å². The molecule has 3 rings (SSSR count). The molecule has 0 aromatic rings. The summed E-state index contributed by atoms with van der Waals surface area (Å²) >= 11 is 0. The van der Waals surface area contributed by atoms with E-state index in [-0.39, 0.29) is 6.10 Å². The molecule has 0 amide bonds. The molecular formula is C28H52O. The van der Waals surface area contributed by atoms with Crippen molar-refractivity contribution in [3.63, 3.8) is 0 Å². The van der Waals surface area contributed by atoms with Gasteiger partial charge >= 0.3 is 0 Å². The molecule has 1 heteroatoms. The van der Waals surface area contributed by atoms with Crippen molar-refractivity contribution in [2.45, 2.75) is 132 Å². The van der Waals surface area contributed by atoms with Crippen LogP contribution in [-0.4, -0.2) is 11.2 Å². The third kappa shape index (κ3) is 4.33. The van der Waals surface area contributed by atoms with Gasteiger partial charge in [0.1, 0.15) is 0 Å². The predicted molar refractivity (Wildman–Crippen MR) is 126 cm³/mol. The van der Waals surface area contributed by atoms with Gasteiger partial charge in [0.15, 0.2) is 0 Å². The molecule has 3 fully saturated rings. The average molecular weight is 405 g/mol. The molecule has 29 heavy (non-hydrogen) atoms. The molecule has 6 unspecified atom stereocenters. The summed E-state index contributed by atoms with van der Waals surface area (Å²) in [5.74, 6) is 4.25. The van der Waals surface area contributed by atoms with Crippen LogP contribution < -0.4 is 0 Å². The smallest absolute Gasteiger partial charge is 0.0543 e. The van der Waals surface area contributed by atoms with Crippen LogP contribution in [0.2, 0.25) is 0 Å². The van der Waals surface area contributed by atoms with Gasteiger partial charge in [-0.2, -0.15) is 0 Å². The zero-order valence-corrected chi connectivity index (χ0v) is 20.9. The molecule has 0 bridgehead atoms. The number of hydrogen-bond acceptors (Lipinski definition) is 1. The number of aliphatic hydroxyl groups excluding tert-OH is 1. The highest BCUT2D eigenvalue weighted by Gasteiger charge is 2.62. The van der Waals surface area contributed by atoms with Crippen molar-refractivity contribution in [3.8, 4) is 0 Å². The zero-order valence-electron chi connectivity index (χ0n) is 20.9. The Labute approximate surface area is 182 Å². The van der Waals surface area contributed by atoms with E-state index in [0.29, 0.717) is 16.2 Å². The minimum absolute atomic E-state index is 0.0317. The monoisotopic (exact) mass is 404 g/mol. The Hall–Kier alpha value is -0.0400. The molecule has 1 nitrogen and oxygen atoms in total. The number of fused-ring (bicyclic) bond motifs is 3. The van der Waals surface area contributed by atoms with Crippen LogP contribution in [0.5, 0.6) is 0 Å². The fourth-order valence-electron chi connectivity index (χ4n) is 8.82. The van der Waals surface area contributed by atoms with Crippen LogP contribution in [0.1, 0.15) is 126 Å². The maximum atomic E-state index is 10.3. The van der Waals surface area contributed by atoms with E-state index in [1.165, 1.54) is 64.2 Å². The van der Waals surface area contributed by atoms with Gasteiger partial charge in [0.2, 0.25) is 0 Å². The molecule has 1 N–H and O–H groups in total. The number of hydrogen-bond donors (Lipinski definition) is 1. The lowest BCUT2D eigenvalue weighted by Gasteiger charge is -2.67. The van der Waals surface area contributed by atoms with Crippen molar-refractivity contribution < 1.29 is 5.11 Å². The van der Waals surface area contributed by atoms with Crippen LogP contribution >= 0.6 is 0 Å². The van der Waals surface area contributed by atoms with E-state index in [1.807, 2.05) is 0 Å². The summed E-state index contributed by atoms with van der Waals surface area (Å²) in [5.41, 5.74) is 1.47. The molecule has 170 valence electrons. The highest BCUT2D eigenvalue weighted by molar-refractivity contribution is 5.11. The molecule has 0 aromatic heterocycles. The third-order valence-corrected chi connectivity index (χ3v) is 10.7. The first-order chi connectivity index (χ1) is 13.6. The van der Waals surface area contributed by atoms with E-state index >= 15 is 0 Å². The lowest BCUT2D eigenvalue weighted by atomic mass is 9.38. The van der Waals surface area contributed by atoms with Crippen molar-refractivity contribution in [1.82, 2.24) is 0 Å². The summed E-state index contributed by atoms with van der Waals surface area (Å²) in [6.45, 7) is 17.7. The van der Waals surface area contributed by atoms with Gasteiger partial charge in [-0.05, 0) is 97.2 Å². The largest absolute Gasteiger partial charge is 0.393 e. The van der Waals surface area contributed by atoms with Crippen molar-refractivity contribution in [1.29, 1.82) is 0 Å². The van der Waals surface area contributed by atoms with Gasteiger partial charge < -0.3 is 5.11 Å². The van der Waals surface area contributed by atoms with E-state index in [1.54, 1.807) is 0 Å². The Morgan fingerprint density at radius 1 is 0.897 bits per heavy atom. The fourth-order valence-corrected chi connectivity index (χ4v) is 8.82. The molecule has 0 heterocycles. The predicted octanol–water partition coefficient (Wildman–Crippen LogP) is 8.25. The Morgan fingerprint density at radius 2 is 1.62 bits per heavy atom. The Kier molecular flexibility index (Phi) is 7.20. The van der Waals surface area contributed by atoms with Crippen LogP contribution in [0.4, 0.5) is 0 Å². The molecule has 3 aliphatic rings. The lowest BCUT2D eigenvalue weighted by Crippen LogP contribution is -2.60. The third-order valence-electron chi connectivity index (χ3n) is 10.7. The van der Waals surface area contributed by atoms with Gasteiger partial charge in [0, 0.05) is 0 Å². The molecule has 3 aliphatic carbocycles. The van der Waals surface area contributed by atoms with Gasteiger partial charge in [0.25, 0.3) is 0 Å². The van der Waals surface area contributed by atoms with Gasteiger partial charge in [-0.3, -0.25) is 0 Å². The van der Waals surface area contributed by atoms with E-state index in [2.05, 4.69) is 48.5 Å². The first-order valence-electron chi connectivity index (χ1n) is 13.2. The summed E-state index contributed by atoms with van der Waals surface area (Å²) < 4.78 is 0. The number of aliphatic hydroxyl groups is 1. The second-order valence-electron chi connectivity index (χ2n) is 12.9. The second-order valence-corrected chi connectivity index (χ2v) is 12.9. The first-order valence-corrected chi connectivity index (χ1v) is 13.2. The summed E-state index contributed by atoms with van der Waals surface area (Å²) in [7, 11) is 0. The summed E-state index contributed by atoms with van der Waals surface area (Å²) in [5, 5.41) is 10.3.